The average Bonchev–Trinajstić information content (AvgIpc) is 2.26. The monoisotopic (exact) mass is 330 g/mol. The fraction of sp³-hybridized carbons (Fsp3) is 0.100. The van der Waals surface area contributed by atoms with Gasteiger partial charge in [-0.2, -0.15) is 9.97 Å². The summed E-state index contributed by atoms with van der Waals surface area (Å²) in [5.74, 6) is 0.723. The van der Waals surface area contributed by atoms with Gasteiger partial charge in [0.2, 0.25) is 5.95 Å². The van der Waals surface area contributed by atoms with Crippen LogP contribution in [0, 0.1) is 0 Å². The standard InChI is InChI=1S/C10H8BrClN4S/c1-17-10-15-8(14-9(13)16-10)5-2-6(11)4-7(12)3-5/h2-4H,1H3,(H2,13,14,15,16). The van der Waals surface area contributed by atoms with E-state index in [0.717, 1.165) is 10.0 Å². The van der Waals surface area contributed by atoms with Crippen LogP contribution in [-0.2, 0) is 0 Å². The second-order valence-corrected chi connectivity index (χ2v) is 5.29. The lowest BCUT2D eigenvalue weighted by Gasteiger charge is -2.04. The van der Waals surface area contributed by atoms with Gasteiger partial charge in [0.05, 0.1) is 0 Å². The second kappa shape index (κ2) is 5.20. The zero-order valence-electron chi connectivity index (χ0n) is 8.82. The number of benzene rings is 1. The van der Waals surface area contributed by atoms with Crippen LogP contribution < -0.4 is 5.73 Å². The molecule has 0 fully saturated rings. The summed E-state index contributed by atoms with van der Waals surface area (Å²) < 4.78 is 0.865. The van der Waals surface area contributed by atoms with Gasteiger partial charge in [0, 0.05) is 15.1 Å². The molecular formula is C10H8BrClN4S. The van der Waals surface area contributed by atoms with Crippen LogP contribution in [-0.4, -0.2) is 21.2 Å². The highest BCUT2D eigenvalue weighted by molar-refractivity contribution is 9.10. The van der Waals surface area contributed by atoms with E-state index in [0.29, 0.717) is 16.0 Å². The molecule has 4 nitrogen and oxygen atoms in total. The molecular weight excluding hydrogens is 324 g/mol. The number of nitrogens with two attached hydrogens (primary N) is 1. The summed E-state index contributed by atoms with van der Waals surface area (Å²) in [6.45, 7) is 0. The van der Waals surface area contributed by atoms with Crippen LogP contribution in [0.4, 0.5) is 5.95 Å². The molecule has 0 bridgehead atoms. The van der Waals surface area contributed by atoms with Gasteiger partial charge in [-0.15, -0.1) is 0 Å². The van der Waals surface area contributed by atoms with Gasteiger partial charge in [-0.3, -0.25) is 0 Å². The maximum absolute atomic E-state index is 5.98. The van der Waals surface area contributed by atoms with Crippen molar-refractivity contribution in [2.75, 3.05) is 12.0 Å². The summed E-state index contributed by atoms with van der Waals surface area (Å²) in [4.78, 5) is 12.4. The lowest BCUT2D eigenvalue weighted by atomic mass is 10.2. The number of anilines is 1. The van der Waals surface area contributed by atoms with E-state index in [4.69, 9.17) is 17.3 Å². The van der Waals surface area contributed by atoms with Crippen LogP contribution in [0.2, 0.25) is 5.02 Å². The fourth-order valence-electron chi connectivity index (χ4n) is 1.28. The van der Waals surface area contributed by atoms with Crippen LogP contribution in [0.15, 0.2) is 27.8 Å². The van der Waals surface area contributed by atoms with Gasteiger partial charge in [0.25, 0.3) is 0 Å². The molecule has 2 aromatic rings. The minimum Gasteiger partial charge on any atom is -0.368 e. The van der Waals surface area contributed by atoms with Crippen molar-refractivity contribution >= 4 is 45.2 Å². The van der Waals surface area contributed by atoms with E-state index >= 15 is 0 Å². The van der Waals surface area contributed by atoms with E-state index in [1.165, 1.54) is 11.8 Å². The van der Waals surface area contributed by atoms with Gasteiger partial charge >= 0.3 is 0 Å². The van der Waals surface area contributed by atoms with Gasteiger partial charge in [-0.25, -0.2) is 4.98 Å². The van der Waals surface area contributed by atoms with Gasteiger partial charge in [-0.1, -0.05) is 39.3 Å². The minimum absolute atomic E-state index is 0.204. The zero-order valence-corrected chi connectivity index (χ0v) is 12.0. The summed E-state index contributed by atoms with van der Waals surface area (Å²) >= 11 is 10.8. The SMILES string of the molecule is CSc1nc(N)nc(-c2cc(Cl)cc(Br)c2)n1. The Labute approximate surface area is 116 Å². The molecule has 0 amide bonds. The Balaban J connectivity index is 2.55. The third kappa shape index (κ3) is 3.08. The Bertz CT molecular complexity index is 544. The van der Waals surface area contributed by atoms with Crippen molar-refractivity contribution in [2.24, 2.45) is 0 Å². The van der Waals surface area contributed by atoms with E-state index in [1.54, 1.807) is 12.1 Å². The second-order valence-electron chi connectivity index (χ2n) is 3.16. The summed E-state index contributed by atoms with van der Waals surface area (Å²) in [6, 6.07) is 5.46. The predicted octanol–water partition coefficient (Wildman–Crippen LogP) is 3.26. The summed E-state index contributed by atoms with van der Waals surface area (Å²) in [5, 5.41) is 1.20. The first kappa shape index (κ1) is 12.6. The molecule has 0 aliphatic carbocycles. The minimum atomic E-state index is 0.204. The number of aromatic nitrogens is 3. The van der Waals surface area contributed by atoms with E-state index < -0.39 is 0 Å². The Hall–Kier alpha value is -0.850. The van der Waals surface area contributed by atoms with Gasteiger partial charge in [-0.05, 0) is 24.5 Å². The number of nitrogens with zero attached hydrogens (tertiary/aromatic N) is 3. The smallest absolute Gasteiger partial charge is 0.224 e. The van der Waals surface area contributed by atoms with Crippen molar-refractivity contribution in [1.82, 2.24) is 15.0 Å². The first-order chi connectivity index (χ1) is 8.08. The molecule has 1 heterocycles. The van der Waals surface area contributed by atoms with Crippen molar-refractivity contribution in [3.05, 3.63) is 27.7 Å². The van der Waals surface area contributed by atoms with Crippen molar-refractivity contribution < 1.29 is 0 Å². The molecule has 0 saturated heterocycles. The molecule has 7 heteroatoms. The molecule has 2 N–H and O–H groups in total. The summed E-state index contributed by atoms with van der Waals surface area (Å²) in [6.07, 6.45) is 1.88. The average molecular weight is 332 g/mol. The topological polar surface area (TPSA) is 64.7 Å². The Morgan fingerprint density at radius 3 is 2.65 bits per heavy atom. The highest BCUT2D eigenvalue weighted by atomic mass is 79.9. The third-order valence-corrected chi connectivity index (χ3v) is 3.16. The molecule has 2 rings (SSSR count). The van der Waals surface area contributed by atoms with E-state index in [2.05, 4.69) is 30.9 Å². The van der Waals surface area contributed by atoms with Crippen molar-refractivity contribution in [3.63, 3.8) is 0 Å². The van der Waals surface area contributed by atoms with Crippen LogP contribution in [0.3, 0.4) is 0 Å². The Morgan fingerprint density at radius 2 is 2.00 bits per heavy atom. The molecule has 88 valence electrons. The van der Waals surface area contributed by atoms with Crippen molar-refractivity contribution in [1.29, 1.82) is 0 Å². The molecule has 17 heavy (non-hydrogen) atoms. The zero-order chi connectivity index (χ0) is 12.4. The number of hydrogen-bond acceptors (Lipinski definition) is 5. The predicted molar refractivity (Wildman–Crippen MR) is 74.2 cm³/mol. The first-order valence-corrected chi connectivity index (χ1v) is 7.00. The van der Waals surface area contributed by atoms with Gasteiger partial charge in [0.15, 0.2) is 11.0 Å². The molecule has 0 aliphatic rings. The van der Waals surface area contributed by atoms with Crippen molar-refractivity contribution in [3.8, 4) is 11.4 Å². The number of thioether (sulfide) groups is 1. The lowest BCUT2D eigenvalue weighted by molar-refractivity contribution is 0.927. The Kier molecular flexibility index (Phi) is 3.86. The normalized spacial score (nSPS) is 10.5. The molecule has 0 spiro atoms. The van der Waals surface area contributed by atoms with Gasteiger partial charge in [0.1, 0.15) is 0 Å². The summed E-state index contributed by atoms with van der Waals surface area (Å²) in [7, 11) is 0. The molecule has 0 saturated carbocycles. The lowest BCUT2D eigenvalue weighted by Crippen LogP contribution is -2.01. The highest BCUT2D eigenvalue weighted by Crippen LogP contribution is 2.26. The van der Waals surface area contributed by atoms with Crippen LogP contribution >= 0.6 is 39.3 Å². The number of halogens is 2. The fourth-order valence-corrected chi connectivity index (χ4v) is 2.50. The number of rotatable bonds is 2. The number of nitrogen functional groups attached to an aromatic ring is 1. The number of hydrogen-bond donors (Lipinski definition) is 1. The summed E-state index contributed by atoms with van der Waals surface area (Å²) in [5.41, 5.74) is 6.43. The molecule has 0 atom stereocenters. The molecule has 0 radical (unpaired) electrons. The molecule has 0 unspecified atom stereocenters. The van der Waals surface area contributed by atoms with E-state index in [-0.39, 0.29) is 5.95 Å². The quantitative estimate of drug-likeness (QED) is 0.856. The van der Waals surface area contributed by atoms with E-state index in [1.807, 2.05) is 12.3 Å². The van der Waals surface area contributed by atoms with Gasteiger partial charge < -0.3 is 5.73 Å². The maximum atomic E-state index is 5.98. The molecule has 1 aromatic carbocycles. The molecule has 1 aromatic heterocycles. The first-order valence-electron chi connectivity index (χ1n) is 4.60. The van der Waals surface area contributed by atoms with E-state index in [9.17, 15) is 0 Å². The highest BCUT2D eigenvalue weighted by Gasteiger charge is 2.08. The van der Waals surface area contributed by atoms with Crippen LogP contribution in [0.1, 0.15) is 0 Å². The molecule has 0 aliphatic heterocycles. The Morgan fingerprint density at radius 1 is 1.24 bits per heavy atom. The maximum Gasteiger partial charge on any atom is 0.224 e. The van der Waals surface area contributed by atoms with Crippen LogP contribution in [0.25, 0.3) is 11.4 Å². The largest absolute Gasteiger partial charge is 0.368 e. The van der Waals surface area contributed by atoms with Crippen LogP contribution in [0.5, 0.6) is 0 Å². The van der Waals surface area contributed by atoms with Crippen molar-refractivity contribution in [2.45, 2.75) is 5.16 Å². The third-order valence-electron chi connectivity index (χ3n) is 1.94.